The molecule has 1 aromatic carbocycles. The third kappa shape index (κ3) is 3.13. The largest absolute Gasteiger partial charge is 0.371 e. The lowest BCUT2D eigenvalue weighted by Gasteiger charge is -2.16. The Morgan fingerprint density at radius 2 is 2.18 bits per heavy atom. The van der Waals surface area contributed by atoms with E-state index in [9.17, 15) is 8.42 Å². The van der Waals surface area contributed by atoms with Gasteiger partial charge in [0.1, 0.15) is 0 Å². The van der Waals surface area contributed by atoms with E-state index in [-0.39, 0.29) is 5.75 Å². The average Bonchev–Trinajstić information content (AvgIpc) is 2.67. The third-order valence-electron chi connectivity index (χ3n) is 3.15. The van der Waals surface area contributed by atoms with Crippen molar-refractivity contribution >= 4 is 25.4 Å². The summed E-state index contributed by atoms with van der Waals surface area (Å²) in [6, 6.07) is 6.18. The van der Waals surface area contributed by atoms with Crippen LogP contribution in [0.15, 0.2) is 18.2 Å². The SMILES string of the molecule is CCN1CCc2cc(CCS(=O)(=O)Cl)ccc21. The van der Waals surface area contributed by atoms with Gasteiger partial charge in [-0.25, -0.2) is 8.42 Å². The smallest absolute Gasteiger partial charge is 0.232 e. The van der Waals surface area contributed by atoms with E-state index >= 15 is 0 Å². The van der Waals surface area contributed by atoms with E-state index in [2.05, 4.69) is 24.0 Å². The van der Waals surface area contributed by atoms with Crippen LogP contribution in [0, 0.1) is 0 Å². The second-order valence-electron chi connectivity index (χ2n) is 4.29. The minimum Gasteiger partial charge on any atom is -0.371 e. The van der Waals surface area contributed by atoms with Crippen molar-refractivity contribution in [1.82, 2.24) is 0 Å². The molecule has 0 aromatic heterocycles. The van der Waals surface area contributed by atoms with Crippen LogP contribution in [0.5, 0.6) is 0 Å². The minimum atomic E-state index is -3.39. The number of hydrogen-bond acceptors (Lipinski definition) is 3. The number of anilines is 1. The van der Waals surface area contributed by atoms with Crippen LogP contribution in [0.1, 0.15) is 18.1 Å². The highest BCUT2D eigenvalue weighted by molar-refractivity contribution is 8.13. The van der Waals surface area contributed by atoms with E-state index in [1.54, 1.807) is 0 Å². The molecule has 0 radical (unpaired) electrons. The van der Waals surface area contributed by atoms with Crippen molar-refractivity contribution in [1.29, 1.82) is 0 Å². The molecule has 0 amide bonds. The molecule has 0 aliphatic carbocycles. The molecule has 0 spiro atoms. The standard InChI is InChI=1S/C12H16ClNO2S/c1-2-14-7-5-11-9-10(3-4-12(11)14)6-8-17(13,15)16/h3-4,9H,2,5-8H2,1H3. The number of rotatable bonds is 4. The van der Waals surface area contributed by atoms with Gasteiger partial charge < -0.3 is 4.90 Å². The van der Waals surface area contributed by atoms with Crippen LogP contribution in [0.4, 0.5) is 5.69 Å². The summed E-state index contributed by atoms with van der Waals surface area (Å²) in [4.78, 5) is 2.33. The predicted octanol–water partition coefficient (Wildman–Crippen LogP) is 2.18. The second-order valence-corrected chi connectivity index (χ2v) is 7.18. The lowest BCUT2D eigenvalue weighted by Crippen LogP contribution is -2.19. The van der Waals surface area contributed by atoms with Crippen molar-refractivity contribution < 1.29 is 8.42 Å². The van der Waals surface area contributed by atoms with E-state index in [4.69, 9.17) is 10.7 Å². The first kappa shape index (κ1) is 12.7. The molecule has 1 aliphatic heterocycles. The normalized spacial score (nSPS) is 15.1. The van der Waals surface area contributed by atoms with Gasteiger partial charge in [0.25, 0.3) is 0 Å². The highest BCUT2D eigenvalue weighted by atomic mass is 35.7. The molecule has 1 aliphatic rings. The predicted molar refractivity (Wildman–Crippen MR) is 71.4 cm³/mol. The first-order valence-corrected chi connectivity index (χ1v) is 8.26. The minimum absolute atomic E-state index is 0.00480. The van der Waals surface area contributed by atoms with E-state index in [0.29, 0.717) is 6.42 Å². The summed E-state index contributed by atoms with van der Waals surface area (Å²) in [6.07, 6.45) is 1.54. The summed E-state index contributed by atoms with van der Waals surface area (Å²) < 4.78 is 21.8. The fourth-order valence-electron chi connectivity index (χ4n) is 2.25. The molecule has 0 fully saturated rings. The molecular formula is C12H16ClNO2S. The van der Waals surface area contributed by atoms with Gasteiger partial charge in [-0.2, -0.15) is 0 Å². The molecule has 1 heterocycles. The average molecular weight is 274 g/mol. The van der Waals surface area contributed by atoms with Crippen molar-refractivity contribution in [3.63, 3.8) is 0 Å². The lowest BCUT2D eigenvalue weighted by atomic mass is 10.1. The van der Waals surface area contributed by atoms with Gasteiger partial charge in [-0.3, -0.25) is 0 Å². The van der Waals surface area contributed by atoms with Gasteiger partial charge in [-0.1, -0.05) is 12.1 Å². The highest BCUT2D eigenvalue weighted by Crippen LogP contribution is 2.28. The molecule has 1 aromatic rings. The van der Waals surface area contributed by atoms with Crippen LogP contribution < -0.4 is 4.90 Å². The first-order chi connectivity index (χ1) is 7.99. The number of likely N-dealkylation sites (N-methyl/N-ethyl adjacent to an activating group) is 1. The van der Waals surface area contributed by atoms with Crippen LogP contribution in [-0.4, -0.2) is 27.3 Å². The first-order valence-electron chi connectivity index (χ1n) is 5.78. The molecule has 0 N–H and O–H groups in total. The molecule has 3 nitrogen and oxygen atoms in total. The highest BCUT2D eigenvalue weighted by Gasteiger charge is 2.17. The molecule has 17 heavy (non-hydrogen) atoms. The summed E-state index contributed by atoms with van der Waals surface area (Å²) >= 11 is 0. The molecule has 94 valence electrons. The maximum Gasteiger partial charge on any atom is 0.232 e. The van der Waals surface area contributed by atoms with Gasteiger partial charge in [0.05, 0.1) is 5.75 Å². The fourth-order valence-corrected chi connectivity index (χ4v) is 2.96. The van der Waals surface area contributed by atoms with E-state index in [1.807, 2.05) is 6.07 Å². The molecule has 2 rings (SSSR count). The van der Waals surface area contributed by atoms with Gasteiger partial charge in [-0.15, -0.1) is 0 Å². The molecule has 5 heteroatoms. The lowest BCUT2D eigenvalue weighted by molar-refractivity contribution is 0.609. The monoisotopic (exact) mass is 273 g/mol. The van der Waals surface area contributed by atoms with Crippen LogP contribution in [0.3, 0.4) is 0 Å². The number of benzene rings is 1. The van der Waals surface area contributed by atoms with Crippen molar-refractivity contribution in [3.8, 4) is 0 Å². The van der Waals surface area contributed by atoms with Crippen molar-refractivity contribution in [2.45, 2.75) is 19.8 Å². The van der Waals surface area contributed by atoms with Crippen LogP contribution in [0.2, 0.25) is 0 Å². The molecule has 0 bridgehead atoms. The van der Waals surface area contributed by atoms with Gasteiger partial charge in [0.15, 0.2) is 0 Å². The Bertz CT molecular complexity index is 513. The number of halogens is 1. The zero-order valence-corrected chi connectivity index (χ0v) is 11.4. The Kier molecular flexibility index (Phi) is 3.64. The Hall–Kier alpha value is -0.740. The summed E-state index contributed by atoms with van der Waals surface area (Å²) in [5.74, 6) is 0.00480. The topological polar surface area (TPSA) is 37.4 Å². The number of nitrogens with zero attached hydrogens (tertiary/aromatic N) is 1. The number of fused-ring (bicyclic) bond motifs is 1. The van der Waals surface area contributed by atoms with E-state index < -0.39 is 9.05 Å². The quantitative estimate of drug-likeness (QED) is 0.789. The van der Waals surface area contributed by atoms with Crippen LogP contribution in [-0.2, 0) is 21.9 Å². The maximum absolute atomic E-state index is 10.9. The third-order valence-corrected chi connectivity index (χ3v) is 4.31. The summed E-state index contributed by atoms with van der Waals surface area (Å²) in [5, 5.41) is 0. The summed E-state index contributed by atoms with van der Waals surface area (Å²) in [6.45, 7) is 4.22. The van der Waals surface area contributed by atoms with E-state index in [1.165, 1.54) is 11.3 Å². The maximum atomic E-state index is 10.9. The summed E-state index contributed by atoms with van der Waals surface area (Å²) in [7, 11) is 1.82. The van der Waals surface area contributed by atoms with Crippen molar-refractivity contribution in [3.05, 3.63) is 29.3 Å². The van der Waals surface area contributed by atoms with Gasteiger partial charge in [0, 0.05) is 29.5 Å². The zero-order chi connectivity index (χ0) is 12.5. The molecular weight excluding hydrogens is 258 g/mol. The van der Waals surface area contributed by atoms with Gasteiger partial charge in [0.2, 0.25) is 9.05 Å². The van der Waals surface area contributed by atoms with Crippen LogP contribution >= 0.6 is 10.7 Å². The summed E-state index contributed by atoms with van der Waals surface area (Å²) in [5.41, 5.74) is 3.65. The molecule has 0 saturated carbocycles. The molecule has 0 unspecified atom stereocenters. The zero-order valence-electron chi connectivity index (χ0n) is 9.82. The van der Waals surface area contributed by atoms with Crippen molar-refractivity contribution in [2.75, 3.05) is 23.7 Å². The Balaban J connectivity index is 2.13. The van der Waals surface area contributed by atoms with Crippen molar-refractivity contribution in [2.24, 2.45) is 0 Å². The number of aryl methyl sites for hydroxylation is 1. The second kappa shape index (κ2) is 4.86. The molecule has 0 saturated heterocycles. The fraction of sp³-hybridized carbons (Fsp3) is 0.500. The van der Waals surface area contributed by atoms with Gasteiger partial charge >= 0.3 is 0 Å². The number of hydrogen-bond donors (Lipinski definition) is 0. The van der Waals surface area contributed by atoms with Crippen LogP contribution in [0.25, 0.3) is 0 Å². The Morgan fingerprint density at radius 1 is 1.41 bits per heavy atom. The Labute approximate surface area is 107 Å². The van der Waals surface area contributed by atoms with Gasteiger partial charge in [-0.05, 0) is 37.0 Å². The molecule has 0 atom stereocenters. The van der Waals surface area contributed by atoms with E-state index in [0.717, 1.165) is 25.1 Å². The Morgan fingerprint density at radius 3 is 2.82 bits per heavy atom.